The summed E-state index contributed by atoms with van der Waals surface area (Å²) in [6, 6.07) is -1.93. The lowest BCUT2D eigenvalue weighted by Crippen LogP contribution is -2.52. The predicted octanol–water partition coefficient (Wildman–Crippen LogP) is 3.40. The summed E-state index contributed by atoms with van der Waals surface area (Å²) in [5, 5.41) is 7.68. The van der Waals surface area contributed by atoms with Gasteiger partial charge in [-0.3, -0.25) is 5.41 Å². The van der Waals surface area contributed by atoms with E-state index in [2.05, 4.69) is 0 Å². The number of ether oxygens (including phenoxy) is 1. The monoisotopic (exact) mass is 266 g/mol. The van der Waals surface area contributed by atoms with E-state index in [0.717, 1.165) is 4.90 Å². The van der Waals surface area contributed by atoms with Crippen LogP contribution < -0.4 is 0 Å². The minimum atomic E-state index is -4.29. The van der Waals surface area contributed by atoms with Gasteiger partial charge in [-0.15, -0.1) is 0 Å². The molecule has 1 fully saturated rings. The third-order valence-electron chi connectivity index (χ3n) is 2.78. The van der Waals surface area contributed by atoms with Crippen molar-refractivity contribution in [3.8, 4) is 0 Å². The fourth-order valence-electron chi connectivity index (χ4n) is 1.88. The molecule has 0 saturated carbocycles. The first kappa shape index (κ1) is 15.1. The molecule has 0 aromatic heterocycles. The molecule has 1 N–H and O–H groups in total. The van der Waals surface area contributed by atoms with Crippen LogP contribution in [0.2, 0.25) is 0 Å². The minimum Gasteiger partial charge on any atom is -0.465 e. The number of rotatable bonds is 1. The summed E-state index contributed by atoms with van der Waals surface area (Å²) < 4.78 is 43.7. The molecule has 106 valence electrons. The van der Waals surface area contributed by atoms with Crippen LogP contribution in [0.3, 0.4) is 0 Å². The van der Waals surface area contributed by atoms with Gasteiger partial charge < -0.3 is 9.64 Å². The zero-order valence-corrected chi connectivity index (χ0v) is 11.1. The van der Waals surface area contributed by atoms with Crippen molar-refractivity contribution in [2.75, 3.05) is 13.2 Å². The molecule has 0 spiro atoms. The van der Waals surface area contributed by atoms with Gasteiger partial charge in [-0.1, -0.05) is 20.8 Å². The highest BCUT2D eigenvalue weighted by atomic mass is 19.4. The number of alkyl halides is 3. The summed E-state index contributed by atoms with van der Waals surface area (Å²) in [6.45, 7) is 6.23. The number of amidine groups is 1. The Morgan fingerprint density at radius 2 is 1.89 bits per heavy atom. The fourth-order valence-corrected chi connectivity index (χ4v) is 1.88. The summed E-state index contributed by atoms with van der Waals surface area (Å²) in [5.41, 5.74) is -0.171. The van der Waals surface area contributed by atoms with Crippen molar-refractivity contribution in [2.45, 2.75) is 52.3 Å². The van der Waals surface area contributed by atoms with Gasteiger partial charge in [0.2, 0.25) is 0 Å². The van der Waals surface area contributed by atoms with Crippen molar-refractivity contribution in [2.24, 2.45) is 5.41 Å². The maximum atomic E-state index is 12.8. The molecule has 1 aliphatic rings. The first-order valence-electron chi connectivity index (χ1n) is 6.16. The van der Waals surface area contributed by atoms with E-state index in [-0.39, 0.29) is 31.0 Å². The molecule has 1 unspecified atom stereocenters. The summed E-state index contributed by atoms with van der Waals surface area (Å²) in [4.78, 5) is 1.04. The average molecular weight is 266 g/mol. The molecule has 0 radical (unpaired) electrons. The van der Waals surface area contributed by atoms with Gasteiger partial charge in [-0.25, -0.2) is 0 Å². The summed E-state index contributed by atoms with van der Waals surface area (Å²) in [7, 11) is 0. The van der Waals surface area contributed by atoms with E-state index >= 15 is 0 Å². The van der Waals surface area contributed by atoms with Crippen molar-refractivity contribution in [3.63, 3.8) is 0 Å². The van der Waals surface area contributed by atoms with Gasteiger partial charge in [-0.2, -0.15) is 13.2 Å². The number of piperidine rings is 1. The molecule has 0 aromatic rings. The van der Waals surface area contributed by atoms with Gasteiger partial charge in [0, 0.05) is 6.54 Å². The Balaban J connectivity index is 2.64. The SMILES string of the molecule is CC(C)(C)COC(=N)N1CCCCC1C(F)(F)F. The molecule has 1 atom stereocenters. The first-order valence-corrected chi connectivity index (χ1v) is 6.16. The second kappa shape index (κ2) is 5.36. The zero-order chi connectivity index (χ0) is 14.0. The van der Waals surface area contributed by atoms with Crippen molar-refractivity contribution < 1.29 is 17.9 Å². The highest BCUT2D eigenvalue weighted by Gasteiger charge is 2.46. The molecule has 0 bridgehead atoms. The standard InChI is InChI=1S/C12H21F3N2O/c1-11(2,3)8-18-10(16)17-7-5-4-6-9(17)12(13,14)15/h9,16H,4-8H2,1-3H3. The number of halogens is 3. The quantitative estimate of drug-likeness (QED) is 0.583. The van der Waals surface area contributed by atoms with Crippen LogP contribution in [0.1, 0.15) is 40.0 Å². The maximum Gasteiger partial charge on any atom is 0.408 e. The Morgan fingerprint density at radius 1 is 1.28 bits per heavy atom. The van der Waals surface area contributed by atoms with E-state index in [1.54, 1.807) is 0 Å². The second-order valence-electron chi connectivity index (χ2n) is 5.90. The van der Waals surface area contributed by atoms with Crippen molar-refractivity contribution in [1.29, 1.82) is 5.41 Å². The van der Waals surface area contributed by atoms with Crippen molar-refractivity contribution in [1.82, 2.24) is 4.90 Å². The number of likely N-dealkylation sites (tertiary alicyclic amines) is 1. The highest BCUT2D eigenvalue weighted by Crippen LogP contribution is 2.32. The lowest BCUT2D eigenvalue weighted by atomic mass is 9.99. The molecule has 6 heteroatoms. The number of hydrogen-bond donors (Lipinski definition) is 1. The van der Waals surface area contributed by atoms with Gasteiger partial charge in [0.1, 0.15) is 6.04 Å². The third-order valence-corrected chi connectivity index (χ3v) is 2.78. The van der Waals surface area contributed by atoms with Crippen LogP contribution in [0.25, 0.3) is 0 Å². The van der Waals surface area contributed by atoms with Crippen LogP contribution >= 0.6 is 0 Å². The molecular formula is C12H21F3N2O. The van der Waals surface area contributed by atoms with E-state index in [1.807, 2.05) is 20.8 Å². The van der Waals surface area contributed by atoms with E-state index < -0.39 is 12.2 Å². The van der Waals surface area contributed by atoms with Crippen LogP contribution in [0.5, 0.6) is 0 Å². The number of nitrogens with zero attached hydrogens (tertiary/aromatic N) is 1. The summed E-state index contributed by atoms with van der Waals surface area (Å²) >= 11 is 0. The molecule has 0 aliphatic carbocycles. The fraction of sp³-hybridized carbons (Fsp3) is 0.917. The van der Waals surface area contributed by atoms with E-state index in [0.29, 0.717) is 12.8 Å². The molecule has 1 aliphatic heterocycles. The third kappa shape index (κ3) is 4.38. The molecular weight excluding hydrogens is 245 g/mol. The molecule has 1 rings (SSSR count). The normalized spacial score (nSPS) is 21.9. The van der Waals surface area contributed by atoms with Gasteiger partial charge in [0.25, 0.3) is 6.02 Å². The summed E-state index contributed by atoms with van der Waals surface area (Å²) in [5.74, 6) is 0. The summed E-state index contributed by atoms with van der Waals surface area (Å²) in [6.07, 6.45) is -3.02. The Labute approximate surface area is 106 Å². The van der Waals surface area contributed by atoms with Gasteiger partial charge in [-0.05, 0) is 24.7 Å². The lowest BCUT2D eigenvalue weighted by molar-refractivity contribution is -0.182. The van der Waals surface area contributed by atoms with Crippen molar-refractivity contribution >= 4 is 6.02 Å². The Morgan fingerprint density at radius 3 is 2.39 bits per heavy atom. The minimum absolute atomic E-state index is 0.0464. The largest absolute Gasteiger partial charge is 0.465 e. The lowest BCUT2D eigenvalue weighted by Gasteiger charge is -2.38. The van der Waals surface area contributed by atoms with Crippen LogP contribution in [-0.2, 0) is 4.74 Å². The number of nitrogens with one attached hydrogen (secondary N) is 1. The van der Waals surface area contributed by atoms with Crippen LogP contribution in [0, 0.1) is 10.8 Å². The van der Waals surface area contributed by atoms with Gasteiger partial charge in [0.15, 0.2) is 0 Å². The molecule has 18 heavy (non-hydrogen) atoms. The van der Waals surface area contributed by atoms with Gasteiger partial charge >= 0.3 is 6.18 Å². The number of hydrogen-bond acceptors (Lipinski definition) is 2. The Hall–Kier alpha value is -0.940. The van der Waals surface area contributed by atoms with E-state index in [1.165, 1.54) is 0 Å². The predicted molar refractivity (Wildman–Crippen MR) is 63.5 cm³/mol. The van der Waals surface area contributed by atoms with E-state index in [4.69, 9.17) is 10.1 Å². The van der Waals surface area contributed by atoms with Crippen molar-refractivity contribution in [3.05, 3.63) is 0 Å². The second-order valence-corrected chi connectivity index (χ2v) is 5.90. The Kier molecular flexibility index (Phi) is 4.50. The smallest absolute Gasteiger partial charge is 0.408 e. The first-order chi connectivity index (χ1) is 8.11. The molecule has 0 aromatic carbocycles. The average Bonchev–Trinajstić information content (AvgIpc) is 2.24. The highest BCUT2D eigenvalue weighted by molar-refractivity contribution is 5.71. The van der Waals surface area contributed by atoms with Crippen LogP contribution in [0.4, 0.5) is 13.2 Å². The Bertz CT molecular complexity index is 297. The molecule has 1 saturated heterocycles. The molecule has 3 nitrogen and oxygen atoms in total. The van der Waals surface area contributed by atoms with E-state index in [9.17, 15) is 13.2 Å². The van der Waals surface area contributed by atoms with Crippen LogP contribution in [0.15, 0.2) is 0 Å². The molecule has 1 heterocycles. The topological polar surface area (TPSA) is 36.3 Å². The van der Waals surface area contributed by atoms with Crippen LogP contribution in [-0.4, -0.2) is 36.3 Å². The maximum absolute atomic E-state index is 12.8. The zero-order valence-electron chi connectivity index (χ0n) is 11.1. The molecule has 0 amide bonds. The van der Waals surface area contributed by atoms with Gasteiger partial charge in [0.05, 0.1) is 6.61 Å².